The van der Waals surface area contributed by atoms with Crippen LogP contribution in [0.2, 0.25) is 0 Å². The minimum absolute atomic E-state index is 0.118. The Morgan fingerprint density at radius 2 is 2.06 bits per heavy atom. The topological polar surface area (TPSA) is 57.0 Å². The number of ether oxygens (including phenoxy) is 2. The maximum absolute atomic E-state index is 5.60. The molecule has 1 aromatic carbocycles. The molecule has 0 aliphatic carbocycles. The van der Waals surface area contributed by atoms with Gasteiger partial charge in [-0.2, -0.15) is 0 Å². The normalized spacial score (nSPS) is 22.9. The fourth-order valence-corrected chi connectivity index (χ4v) is 2.51. The van der Waals surface area contributed by atoms with Gasteiger partial charge in [0.15, 0.2) is 11.5 Å². The molecule has 0 spiro atoms. The van der Waals surface area contributed by atoms with Gasteiger partial charge in [0.25, 0.3) is 0 Å². The molecule has 0 radical (unpaired) electrons. The van der Waals surface area contributed by atoms with Crippen LogP contribution in [0.3, 0.4) is 0 Å². The number of hydrogen-bond donors (Lipinski definition) is 1. The van der Waals surface area contributed by atoms with Crippen molar-refractivity contribution in [3.63, 3.8) is 0 Å². The third-order valence-electron chi connectivity index (χ3n) is 3.46. The van der Waals surface area contributed by atoms with Crippen LogP contribution < -0.4 is 20.3 Å². The summed E-state index contributed by atoms with van der Waals surface area (Å²) in [5.41, 5.74) is 1.14. The summed E-state index contributed by atoms with van der Waals surface area (Å²) in [5.74, 6) is 6.94. The van der Waals surface area contributed by atoms with Crippen molar-refractivity contribution in [2.45, 2.75) is 18.9 Å². The van der Waals surface area contributed by atoms with Crippen molar-refractivity contribution in [3.05, 3.63) is 18.2 Å². The van der Waals surface area contributed by atoms with E-state index < -0.39 is 0 Å². The number of nitrogens with two attached hydrogens (primary N) is 1. The molecule has 1 fully saturated rings. The highest BCUT2D eigenvalue weighted by atomic mass is 16.6. The molecule has 5 nitrogen and oxygen atoms in total. The highest BCUT2D eigenvalue weighted by Gasteiger charge is 2.21. The third-order valence-corrected chi connectivity index (χ3v) is 3.46. The zero-order valence-corrected chi connectivity index (χ0v) is 10.3. The van der Waals surface area contributed by atoms with E-state index in [0.717, 1.165) is 43.1 Å². The van der Waals surface area contributed by atoms with Crippen LogP contribution in [-0.2, 0) is 4.84 Å². The number of rotatable bonds is 2. The smallest absolute Gasteiger partial charge is 0.163 e. The Hall–Kier alpha value is -1.46. The van der Waals surface area contributed by atoms with Crippen LogP contribution in [0.4, 0.5) is 5.69 Å². The number of hydrogen-bond acceptors (Lipinski definition) is 5. The van der Waals surface area contributed by atoms with Gasteiger partial charge in [-0.15, -0.1) is 0 Å². The molecule has 2 N–H and O–H groups in total. The van der Waals surface area contributed by atoms with Crippen molar-refractivity contribution in [3.8, 4) is 11.5 Å². The lowest BCUT2D eigenvalue weighted by atomic mass is 10.1. The van der Waals surface area contributed by atoms with Crippen LogP contribution in [-0.4, -0.2) is 32.4 Å². The molecule has 5 heteroatoms. The Balaban J connectivity index is 1.79. The Labute approximate surface area is 106 Å². The van der Waals surface area contributed by atoms with Crippen molar-refractivity contribution in [1.29, 1.82) is 0 Å². The molecule has 0 bridgehead atoms. The molecule has 0 aromatic heterocycles. The highest BCUT2D eigenvalue weighted by molar-refractivity contribution is 5.57. The molecule has 0 amide bonds. The van der Waals surface area contributed by atoms with E-state index in [4.69, 9.17) is 20.2 Å². The number of piperidine rings is 1. The van der Waals surface area contributed by atoms with Crippen LogP contribution in [0.15, 0.2) is 18.2 Å². The second-order valence-electron chi connectivity index (χ2n) is 4.67. The van der Waals surface area contributed by atoms with Crippen LogP contribution in [0.1, 0.15) is 12.8 Å². The SMILES string of the molecule is NOC1CCCN(c2ccc3c(c2)OCCO3)C1. The van der Waals surface area contributed by atoms with E-state index in [1.165, 1.54) is 0 Å². The summed E-state index contributed by atoms with van der Waals surface area (Å²) in [5, 5.41) is 0. The lowest BCUT2D eigenvalue weighted by Crippen LogP contribution is -2.40. The van der Waals surface area contributed by atoms with E-state index in [-0.39, 0.29) is 6.10 Å². The minimum Gasteiger partial charge on any atom is -0.486 e. The van der Waals surface area contributed by atoms with Gasteiger partial charge in [0, 0.05) is 24.8 Å². The van der Waals surface area contributed by atoms with Crippen molar-refractivity contribution < 1.29 is 14.3 Å². The number of fused-ring (bicyclic) bond motifs is 1. The van der Waals surface area contributed by atoms with Crippen molar-refractivity contribution in [2.75, 3.05) is 31.2 Å². The Morgan fingerprint density at radius 1 is 1.22 bits per heavy atom. The zero-order chi connectivity index (χ0) is 12.4. The molecule has 3 rings (SSSR count). The second kappa shape index (κ2) is 5.04. The maximum atomic E-state index is 5.60. The molecule has 1 atom stereocenters. The van der Waals surface area contributed by atoms with Crippen molar-refractivity contribution in [1.82, 2.24) is 0 Å². The van der Waals surface area contributed by atoms with E-state index in [2.05, 4.69) is 11.0 Å². The molecule has 2 aliphatic rings. The average molecular weight is 250 g/mol. The minimum atomic E-state index is 0.118. The largest absolute Gasteiger partial charge is 0.486 e. The molecule has 18 heavy (non-hydrogen) atoms. The van der Waals surface area contributed by atoms with Crippen LogP contribution >= 0.6 is 0 Å². The molecule has 98 valence electrons. The van der Waals surface area contributed by atoms with Crippen LogP contribution in [0, 0.1) is 0 Å². The lowest BCUT2D eigenvalue weighted by Gasteiger charge is -2.33. The first-order valence-electron chi connectivity index (χ1n) is 6.37. The summed E-state index contributed by atoms with van der Waals surface area (Å²) in [6.07, 6.45) is 2.24. The summed E-state index contributed by atoms with van der Waals surface area (Å²) in [6.45, 7) is 3.10. The zero-order valence-electron chi connectivity index (χ0n) is 10.3. The van der Waals surface area contributed by atoms with E-state index in [1.54, 1.807) is 0 Å². The Morgan fingerprint density at radius 3 is 2.89 bits per heavy atom. The predicted octanol–water partition coefficient (Wildman–Crippen LogP) is 1.32. The Bertz CT molecular complexity index is 425. The van der Waals surface area contributed by atoms with E-state index in [0.29, 0.717) is 13.2 Å². The number of anilines is 1. The molecule has 1 saturated heterocycles. The molecule has 1 unspecified atom stereocenters. The first-order valence-corrected chi connectivity index (χ1v) is 6.37. The highest BCUT2D eigenvalue weighted by Crippen LogP contribution is 2.34. The van der Waals surface area contributed by atoms with Crippen molar-refractivity contribution in [2.24, 2.45) is 5.90 Å². The van der Waals surface area contributed by atoms with Gasteiger partial charge in [-0.05, 0) is 25.0 Å². The molecular weight excluding hydrogens is 232 g/mol. The number of benzene rings is 1. The molecule has 0 saturated carbocycles. The molecule has 2 aliphatic heterocycles. The fraction of sp³-hybridized carbons (Fsp3) is 0.538. The quantitative estimate of drug-likeness (QED) is 0.802. The summed E-state index contributed by atoms with van der Waals surface area (Å²) in [7, 11) is 0. The van der Waals surface area contributed by atoms with Crippen LogP contribution in [0.25, 0.3) is 0 Å². The second-order valence-corrected chi connectivity index (χ2v) is 4.67. The molecule has 2 heterocycles. The van der Waals surface area contributed by atoms with Gasteiger partial charge in [-0.1, -0.05) is 0 Å². The van der Waals surface area contributed by atoms with Crippen LogP contribution in [0.5, 0.6) is 11.5 Å². The number of nitrogens with zero attached hydrogens (tertiary/aromatic N) is 1. The van der Waals surface area contributed by atoms with Gasteiger partial charge in [0.2, 0.25) is 0 Å². The Kier molecular flexibility index (Phi) is 3.25. The van der Waals surface area contributed by atoms with Gasteiger partial charge in [-0.25, -0.2) is 5.90 Å². The summed E-state index contributed by atoms with van der Waals surface area (Å²) in [6, 6.07) is 6.07. The first kappa shape index (κ1) is 11.6. The van der Waals surface area contributed by atoms with Gasteiger partial charge in [-0.3, -0.25) is 4.84 Å². The summed E-state index contributed by atoms with van der Waals surface area (Å²) >= 11 is 0. The summed E-state index contributed by atoms with van der Waals surface area (Å²) < 4.78 is 11.1. The maximum Gasteiger partial charge on any atom is 0.163 e. The molecular formula is C13H18N2O3. The fourth-order valence-electron chi connectivity index (χ4n) is 2.51. The van der Waals surface area contributed by atoms with Gasteiger partial charge in [0.1, 0.15) is 13.2 Å². The van der Waals surface area contributed by atoms with E-state index in [9.17, 15) is 0 Å². The standard InChI is InChI=1S/C13H18N2O3/c14-18-11-2-1-5-15(9-11)10-3-4-12-13(8-10)17-7-6-16-12/h3-4,8,11H,1-2,5-7,9,14H2. The third kappa shape index (κ3) is 2.23. The monoisotopic (exact) mass is 250 g/mol. The average Bonchev–Trinajstić information content (AvgIpc) is 2.47. The van der Waals surface area contributed by atoms with Gasteiger partial charge in [0.05, 0.1) is 6.10 Å². The van der Waals surface area contributed by atoms with Crippen molar-refractivity contribution >= 4 is 5.69 Å². The van der Waals surface area contributed by atoms with E-state index in [1.807, 2.05) is 12.1 Å². The van der Waals surface area contributed by atoms with Gasteiger partial charge >= 0.3 is 0 Å². The first-order chi connectivity index (χ1) is 8.86. The predicted molar refractivity (Wildman–Crippen MR) is 67.9 cm³/mol. The molecule has 1 aromatic rings. The van der Waals surface area contributed by atoms with E-state index >= 15 is 0 Å². The lowest BCUT2D eigenvalue weighted by molar-refractivity contribution is 0.0434. The van der Waals surface area contributed by atoms with Gasteiger partial charge < -0.3 is 14.4 Å². The summed E-state index contributed by atoms with van der Waals surface area (Å²) in [4.78, 5) is 7.23.